The smallest absolute Gasteiger partial charge is 0.0343 e. The van der Waals surface area contributed by atoms with Crippen LogP contribution < -0.4 is 0 Å². The number of pyridine rings is 1. The first kappa shape index (κ1) is 8.17. The summed E-state index contributed by atoms with van der Waals surface area (Å²) in [6.07, 6.45) is 8.61. The van der Waals surface area contributed by atoms with Gasteiger partial charge in [0.15, 0.2) is 0 Å². The molecule has 2 heteroatoms. The van der Waals surface area contributed by atoms with E-state index >= 15 is 0 Å². The summed E-state index contributed by atoms with van der Waals surface area (Å²) in [7, 11) is 0. The van der Waals surface area contributed by atoms with Crippen LogP contribution in [0.3, 0.4) is 0 Å². The van der Waals surface area contributed by atoms with Gasteiger partial charge in [0.25, 0.3) is 0 Å². The van der Waals surface area contributed by atoms with Gasteiger partial charge < -0.3 is 0 Å². The largest absolute Gasteiger partial charge is 0.269 e. The van der Waals surface area contributed by atoms with Crippen LogP contribution in [0.15, 0.2) is 35.7 Å². The summed E-state index contributed by atoms with van der Waals surface area (Å²) in [5.74, 6) is 0.557. The molecular formula is C11H12N2. The van der Waals surface area contributed by atoms with Crippen LogP contribution in [0.2, 0.25) is 0 Å². The normalized spacial score (nSPS) is 21.3. The summed E-state index contributed by atoms with van der Waals surface area (Å²) in [6.45, 7) is 2.21. The Morgan fingerprint density at radius 2 is 2.38 bits per heavy atom. The standard InChI is InChI=1S/C11H12N2/c1-9-4-6-13-8-11(9)10-3-2-5-12-7-10/h2-3,5-9H,4H2,1H3. The lowest BCUT2D eigenvalue weighted by molar-refractivity contribution is 0.787. The molecule has 1 unspecified atom stereocenters. The van der Waals surface area contributed by atoms with Gasteiger partial charge in [-0.3, -0.25) is 9.98 Å². The third-order valence-corrected chi connectivity index (χ3v) is 2.30. The highest BCUT2D eigenvalue weighted by Crippen LogP contribution is 2.26. The SMILES string of the molecule is CC1CC=NC=C1c1cccnc1. The first-order valence-electron chi connectivity index (χ1n) is 4.50. The molecule has 2 rings (SSSR count). The third-order valence-electron chi connectivity index (χ3n) is 2.30. The lowest BCUT2D eigenvalue weighted by Gasteiger charge is -2.15. The van der Waals surface area contributed by atoms with Crippen molar-refractivity contribution in [2.45, 2.75) is 13.3 Å². The summed E-state index contributed by atoms with van der Waals surface area (Å²) in [4.78, 5) is 8.27. The Balaban J connectivity index is 2.35. The van der Waals surface area contributed by atoms with Gasteiger partial charge in [-0.05, 0) is 29.5 Å². The van der Waals surface area contributed by atoms with Crippen molar-refractivity contribution < 1.29 is 0 Å². The molecule has 0 spiro atoms. The summed E-state index contributed by atoms with van der Waals surface area (Å²) < 4.78 is 0. The second kappa shape index (κ2) is 3.52. The molecule has 0 N–H and O–H groups in total. The lowest BCUT2D eigenvalue weighted by atomic mass is 9.92. The Morgan fingerprint density at radius 3 is 3.08 bits per heavy atom. The van der Waals surface area contributed by atoms with Crippen LogP contribution >= 0.6 is 0 Å². The molecule has 2 heterocycles. The average molecular weight is 172 g/mol. The topological polar surface area (TPSA) is 25.2 Å². The number of rotatable bonds is 1. The van der Waals surface area contributed by atoms with Gasteiger partial charge in [0.1, 0.15) is 0 Å². The van der Waals surface area contributed by atoms with Gasteiger partial charge in [-0.1, -0.05) is 13.0 Å². The maximum atomic E-state index is 4.17. The molecule has 1 aliphatic rings. The van der Waals surface area contributed by atoms with Crippen molar-refractivity contribution in [2.24, 2.45) is 10.9 Å². The number of aliphatic imine (C=N–C) groups is 1. The van der Waals surface area contributed by atoms with Crippen LogP contribution in [-0.4, -0.2) is 11.2 Å². The summed E-state index contributed by atoms with van der Waals surface area (Å²) >= 11 is 0. The Morgan fingerprint density at radius 1 is 1.46 bits per heavy atom. The van der Waals surface area contributed by atoms with Crippen LogP contribution in [0.25, 0.3) is 5.57 Å². The highest BCUT2D eigenvalue weighted by Gasteiger charge is 2.12. The van der Waals surface area contributed by atoms with E-state index < -0.39 is 0 Å². The molecule has 1 aromatic rings. The Labute approximate surface area is 78.0 Å². The number of nitrogens with zero attached hydrogens (tertiary/aromatic N) is 2. The zero-order valence-electron chi connectivity index (χ0n) is 7.64. The quantitative estimate of drug-likeness (QED) is 0.639. The zero-order valence-corrected chi connectivity index (χ0v) is 7.64. The first-order chi connectivity index (χ1) is 6.38. The Kier molecular flexibility index (Phi) is 2.21. The van der Waals surface area contributed by atoms with Gasteiger partial charge in [0.05, 0.1) is 0 Å². The molecular weight excluding hydrogens is 160 g/mol. The van der Waals surface area contributed by atoms with E-state index in [2.05, 4.69) is 23.0 Å². The second-order valence-electron chi connectivity index (χ2n) is 3.29. The summed E-state index contributed by atoms with van der Waals surface area (Å²) in [6, 6.07) is 4.04. The molecule has 2 nitrogen and oxygen atoms in total. The van der Waals surface area contributed by atoms with Crippen molar-refractivity contribution in [3.63, 3.8) is 0 Å². The average Bonchev–Trinajstić information content (AvgIpc) is 2.20. The number of hydrogen-bond donors (Lipinski definition) is 0. The fourth-order valence-corrected chi connectivity index (χ4v) is 1.50. The number of hydrogen-bond acceptors (Lipinski definition) is 2. The van der Waals surface area contributed by atoms with Crippen molar-refractivity contribution in [3.8, 4) is 0 Å². The molecule has 0 saturated heterocycles. The molecule has 0 amide bonds. The summed E-state index contributed by atoms with van der Waals surface area (Å²) in [5.41, 5.74) is 2.47. The molecule has 0 bridgehead atoms. The van der Waals surface area contributed by atoms with Crippen LogP contribution in [0, 0.1) is 5.92 Å². The van der Waals surface area contributed by atoms with Gasteiger partial charge in [-0.25, -0.2) is 0 Å². The van der Waals surface area contributed by atoms with E-state index in [-0.39, 0.29) is 0 Å². The highest BCUT2D eigenvalue weighted by molar-refractivity contribution is 5.74. The minimum Gasteiger partial charge on any atom is -0.269 e. The third kappa shape index (κ3) is 1.66. The van der Waals surface area contributed by atoms with Crippen LogP contribution in [0.1, 0.15) is 18.9 Å². The van der Waals surface area contributed by atoms with Gasteiger partial charge in [-0.2, -0.15) is 0 Å². The molecule has 13 heavy (non-hydrogen) atoms. The van der Waals surface area contributed by atoms with Crippen molar-refractivity contribution in [1.29, 1.82) is 0 Å². The van der Waals surface area contributed by atoms with Crippen LogP contribution in [-0.2, 0) is 0 Å². The molecule has 0 saturated carbocycles. The molecule has 1 aromatic heterocycles. The van der Waals surface area contributed by atoms with Crippen molar-refractivity contribution in [2.75, 3.05) is 0 Å². The van der Waals surface area contributed by atoms with Crippen molar-refractivity contribution >= 4 is 11.8 Å². The fraction of sp³-hybridized carbons (Fsp3) is 0.273. The van der Waals surface area contributed by atoms with E-state index in [0.29, 0.717) is 5.92 Å². The van der Waals surface area contributed by atoms with Crippen LogP contribution in [0.5, 0.6) is 0 Å². The predicted octanol–water partition coefficient (Wildman–Crippen LogP) is 2.53. The first-order valence-corrected chi connectivity index (χ1v) is 4.50. The van der Waals surface area contributed by atoms with Gasteiger partial charge >= 0.3 is 0 Å². The molecule has 1 aliphatic heterocycles. The minimum absolute atomic E-state index is 0.557. The van der Waals surface area contributed by atoms with E-state index in [1.807, 2.05) is 24.7 Å². The van der Waals surface area contributed by atoms with Crippen molar-refractivity contribution in [1.82, 2.24) is 4.98 Å². The molecule has 0 aliphatic carbocycles. The van der Waals surface area contributed by atoms with Crippen molar-refractivity contribution in [3.05, 3.63) is 36.3 Å². The molecule has 66 valence electrons. The van der Waals surface area contributed by atoms with E-state index in [1.54, 1.807) is 6.20 Å². The summed E-state index contributed by atoms with van der Waals surface area (Å²) in [5, 5.41) is 0. The van der Waals surface area contributed by atoms with E-state index in [4.69, 9.17) is 0 Å². The number of aromatic nitrogens is 1. The lowest BCUT2D eigenvalue weighted by Crippen LogP contribution is -2.03. The van der Waals surface area contributed by atoms with E-state index in [9.17, 15) is 0 Å². The highest BCUT2D eigenvalue weighted by atomic mass is 14.7. The van der Waals surface area contributed by atoms with Gasteiger partial charge in [-0.15, -0.1) is 0 Å². The fourth-order valence-electron chi connectivity index (χ4n) is 1.50. The zero-order chi connectivity index (χ0) is 9.10. The molecule has 1 atom stereocenters. The molecule has 0 radical (unpaired) electrons. The maximum Gasteiger partial charge on any atom is 0.0343 e. The minimum atomic E-state index is 0.557. The van der Waals surface area contributed by atoms with Gasteiger partial charge in [0.2, 0.25) is 0 Å². The van der Waals surface area contributed by atoms with E-state index in [1.165, 1.54) is 11.1 Å². The van der Waals surface area contributed by atoms with Crippen LogP contribution in [0.4, 0.5) is 0 Å². The Hall–Kier alpha value is -1.44. The maximum absolute atomic E-state index is 4.17. The van der Waals surface area contributed by atoms with E-state index in [0.717, 1.165) is 6.42 Å². The predicted molar refractivity (Wildman–Crippen MR) is 54.5 cm³/mol. The molecule has 0 fully saturated rings. The second-order valence-corrected chi connectivity index (χ2v) is 3.29. The Bertz CT molecular complexity index is 338. The molecule has 0 aromatic carbocycles. The van der Waals surface area contributed by atoms with Gasteiger partial charge in [0, 0.05) is 24.8 Å². The monoisotopic (exact) mass is 172 g/mol. The number of allylic oxidation sites excluding steroid dienone is 1.